The van der Waals surface area contributed by atoms with Crippen LogP contribution in [0.3, 0.4) is 0 Å². The molecule has 0 bridgehead atoms. The molecule has 0 radical (unpaired) electrons. The average Bonchev–Trinajstić information content (AvgIpc) is 2.60. The minimum absolute atomic E-state index is 0.248. The molecule has 100 valence electrons. The summed E-state index contributed by atoms with van der Waals surface area (Å²) in [7, 11) is 0. The summed E-state index contributed by atoms with van der Waals surface area (Å²) in [5.41, 5.74) is 3.84. The summed E-state index contributed by atoms with van der Waals surface area (Å²) in [6.45, 7) is 6.58. The van der Waals surface area contributed by atoms with Gasteiger partial charge in [-0.15, -0.1) is 0 Å². The molecule has 1 unspecified atom stereocenters. The van der Waals surface area contributed by atoms with E-state index < -0.39 is 6.10 Å². The second-order valence-corrected chi connectivity index (χ2v) is 5.08. The lowest BCUT2D eigenvalue weighted by atomic mass is 10.1. The lowest BCUT2D eigenvalue weighted by molar-refractivity contribution is -0.125. The molecule has 1 aliphatic heterocycles. The van der Waals surface area contributed by atoms with Crippen LogP contribution < -0.4 is 4.90 Å². The number of nitrogens with zero attached hydrogens (tertiary/aromatic N) is 1. The van der Waals surface area contributed by atoms with Crippen molar-refractivity contribution in [3.8, 4) is 0 Å². The summed E-state index contributed by atoms with van der Waals surface area (Å²) in [6, 6.07) is 7.38. The van der Waals surface area contributed by atoms with Crippen molar-refractivity contribution in [2.45, 2.75) is 26.9 Å². The van der Waals surface area contributed by atoms with Crippen molar-refractivity contribution in [2.75, 3.05) is 11.4 Å². The van der Waals surface area contributed by atoms with E-state index in [1.807, 2.05) is 45.0 Å². The molecule has 3 heteroatoms. The number of allylic oxidation sites excluding steroid dienone is 3. The number of carbonyl (C=O) groups is 1. The Morgan fingerprint density at radius 1 is 1.32 bits per heavy atom. The molecular weight excluding hydrogens is 238 g/mol. The number of rotatable bonds is 3. The minimum atomic E-state index is -1.02. The fourth-order valence-corrected chi connectivity index (χ4v) is 2.30. The van der Waals surface area contributed by atoms with E-state index in [9.17, 15) is 9.90 Å². The van der Waals surface area contributed by atoms with Crippen LogP contribution in [0.4, 0.5) is 5.69 Å². The van der Waals surface area contributed by atoms with Crippen LogP contribution in [0.1, 0.15) is 32.4 Å². The Morgan fingerprint density at radius 2 is 2.00 bits per heavy atom. The van der Waals surface area contributed by atoms with Crippen molar-refractivity contribution >= 4 is 11.6 Å². The van der Waals surface area contributed by atoms with E-state index in [1.165, 1.54) is 5.57 Å². The van der Waals surface area contributed by atoms with Crippen molar-refractivity contribution in [1.82, 2.24) is 0 Å². The Bertz CT molecular complexity index is 554. The molecule has 0 aromatic heterocycles. The SMILES string of the molecule is CC(C)=C/C(C)=C\CN1C(=O)C(O)c2ccccc21. The molecule has 0 saturated carbocycles. The van der Waals surface area contributed by atoms with Crippen molar-refractivity contribution in [1.29, 1.82) is 0 Å². The maximum atomic E-state index is 12.0. The van der Waals surface area contributed by atoms with Gasteiger partial charge in [0.15, 0.2) is 6.10 Å². The highest BCUT2D eigenvalue weighted by Crippen LogP contribution is 2.35. The van der Waals surface area contributed by atoms with E-state index in [4.69, 9.17) is 0 Å². The van der Waals surface area contributed by atoms with E-state index in [0.29, 0.717) is 12.1 Å². The standard InChI is InChI=1S/C16H19NO2/c1-11(2)10-12(3)8-9-17-14-7-5-4-6-13(14)15(18)16(17)19/h4-8,10,15,18H,9H2,1-3H3/b12-8-. The van der Waals surface area contributed by atoms with Crippen molar-refractivity contribution < 1.29 is 9.90 Å². The van der Waals surface area contributed by atoms with Gasteiger partial charge in [0, 0.05) is 12.1 Å². The summed E-state index contributed by atoms with van der Waals surface area (Å²) in [5, 5.41) is 9.91. The van der Waals surface area contributed by atoms with Crippen molar-refractivity contribution in [3.05, 3.63) is 53.1 Å². The van der Waals surface area contributed by atoms with Crippen molar-refractivity contribution in [3.63, 3.8) is 0 Å². The molecule has 1 atom stereocenters. The number of fused-ring (bicyclic) bond motifs is 1. The molecule has 1 aliphatic rings. The zero-order valence-electron chi connectivity index (χ0n) is 11.6. The molecule has 0 spiro atoms. The third-order valence-electron chi connectivity index (χ3n) is 3.13. The molecule has 1 aromatic rings. The van der Waals surface area contributed by atoms with Gasteiger partial charge in [-0.2, -0.15) is 0 Å². The van der Waals surface area contributed by atoms with Gasteiger partial charge in [0.1, 0.15) is 0 Å². The van der Waals surface area contributed by atoms with E-state index >= 15 is 0 Å². The molecule has 1 aromatic carbocycles. The third kappa shape index (κ3) is 2.76. The first-order chi connectivity index (χ1) is 9.00. The normalized spacial score (nSPS) is 18.5. The van der Waals surface area contributed by atoms with Crippen LogP contribution >= 0.6 is 0 Å². The Kier molecular flexibility index (Phi) is 3.86. The van der Waals surface area contributed by atoms with E-state index in [-0.39, 0.29) is 5.91 Å². The molecular formula is C16H19NO2. The largest absolute Gasteiger partial charge is 0.378 e. The number of aliphatic hydroxyl groups is 1. The summed E-state index contributed by atoms with van der Waals surface area (Å²) >= 11 is 0. The van der Waals surface area contributed by atoms with Crippen LogP contribution in [0.2, 0.25) is 0 Å². The Labute approximate surface area is 113 Å². The van der Waals surface area contributed by atoms with Gasteiger partial charge < -0.3 is 10.0 Å². The summed E-state index contributed by atoms with van der Waals surface area (Å²) in [6.07, 6.45) is 3.05. The smallest absolute Gasteiger partial charge is 0.260 e. The van der Waals surface area contributed by atoms with Crippen LogP contribution in [0.5, 0.6) is 0 Å². The predicted octanol–water partition coefficient (Wildman–Crippen LogP) is 2.98. The lowest BCUT2D eigenvalue weighted by Crippen LogP contribution is -2.28. The first-order valence-electron chi connectivity index (χ1n) is 6.40. The number of para-hydroxylation sites is 1. The highest BCUT2D eigenvalue weighted by Gasteiger charge is 2.34. The van der Waals surface area contributed by atoms with Crippen LogP contribution in [0.25, 0.3) is 0 Å². The molecule has 0 aliphatic carbocycles. The number of hydrogen-bond donors (Lipinski definition) is 1. The van der Waals surface area contributed by atoms with Crippen LogP contribution in [-0.4, -0.2) is 17.6 Å². The second-order valence-electron chi connectivity index (χ2n) is 5.08. The number of benzene rings is 1. The molecule has 1 heterocycles. The third-order valence-corrected chi connectivity index (χ3v) is 3.13. The number of aliphatic hydroxyl groups excluding tert-OH is 1. The first kappa shape index (κ1) is 13.6. The highest BCUT2D eigenvalue weighted by atomic mass is 16.3. The second kappa shape index (κ2) is 5.41. The number of carbonyl (C=O) groups excluding carboxylic acids is 1. The van der Waals surface area contributed by atoms with Gasteiger partial charge in [0.05, 0.1) is 5.69 Å². The highest BCUT2D eigenvalue weighted by molar-refractivity contribution is 6.03. The molecule has 0 fully saturated rings. The number of anilines is 1. The quantitative estimate of drug-likeness (QED) is 0.846. The van der Waals surface area contributed by atoms with Gasteiger partial charge in [0.2, 0.25) is 0 Å². The molecule has 1 amide bonds. The zero-order chi connectivity index (χ0) is 14.0. The lowest BCUT2D eigenvalue weighted by Gasteiger charge is -2.15. The predicted molar refractivity (Wildman–Crippen MR) is 76.9 cm³/mol. The van der Waals surface area contributed by atoms with Gasteiger partial charge in [0.25, 0.3) is 5.91 Å². The Balaban J connectivity index is 2.23. The fraction of sp³-hybridized carbons (Fsp3) is 0.312. The zero-order valence-corrected chi connectivity index (χ0v) is 11.6. The first-order valence-corrected chi connectivity index (χ1v) is 6.40. The van der Waals surface area contributed by atoms with E-state index in [1.54, 1.807) is 11.0 Å². The number of hydrogen-bond acceptors (Lipinski definition) is 2. The van der Waals surface area contributed by atoms with E-state index in [2.05, 4.69) is 6.08 Å². The monoisotopic (exact) mass is 257 g/mol. The van der Waals surface area contributed by atoms with Gasteiger partial charge >= 0.3 is 0 Å². The average molecular weight is 257 g/mol. The van der Waals surface area contributed by atoms with Gasteiger partial charge in [-0.3, -0.25) is 4.79 Å². The fourth-order valence-electron chi connectivity index (χ4n) is 2.30. The maximum absolute atomic E-state index is 12.0. The summed E-state index contributed by atoms with van der Waals surface area (Å²) in [4.78, 5) is 13.7. The molecule has 2 rings (SSSR count). The van der Waals surface area contributed by atoms with Gasteiger partial charge in [-0.25, -0.2) is 0 Å². The Hall–Kier alpha value is -1.87. The number of amides is 1. The van der Waals surface area contributed by atoms with Crippen LogP contribution in [-0.2, 0) is 4.79 Å². The molecule has 19 heavy (non-hydrogen) atoms. The molecule has 0 saturated heterocycles. The van der Waals surface area contributed by atoms with Crippen LogP contribution in [0, 0.1) is 0 Å². The van der Waals surface area contributed by atoms with Crippen molar-refractivity contribution in [2.24, 2.45) is 0 Å². The minimum Gasteiger partial charge on any atom is -0.378 e. The molecule has 3 nitrogen and oxygen atoms in total. The topological polar surface area (TPSA) is 40.5 Å². The summed E-state index contributed by atoms with van der Waals surface area (Å²) in [5.74, 6) is -0.248. The summed E-state index contributed by atoms with van der Waals surface area (Å²) < 4.78 is 0. The Morgan fingerprint density at radius 3 is 2.68 bits per heavy atom. The molecule has 1 N–H and O–H groups in total. The van der Waals surface area contributed by atoms with Gasteiger partial charge in [-0.1, -0.05) is 41.5 Å². The van der Waals surface area contributed by atoms with Gasteiger partial charge in [-0.05, 0) is 26.8 Å². The maximum Gasteiger partial charge on any atom is 0.260 e. The van der Waals surface area contributed by atoms with E-state index in [0.717, 1.165) is 11.3 Å². The van der Waals surface area contributed by atoms with Crippen LogP contribution in [0.15, 0.2) is 47.6 Å².